The number of halogens is 1. The van der Waals surface area contributed by atoms with Crippen LogP contribution in [-0.4, -0.2) is 16.5 Å². The van der Waals surface area contributed by atoms with Crippen molar-refractivity contribution in [3.05, 3.63) is 33.2 Å². The molecule has 0 fully saturated rings. The predicted molar refractivity (Wildman–Crippen MR) is 60.2 cm³/mol. The molecule has 0 N–H and O–H groups in total. The van der Waals surface area contributed by atoms with Crippen LogP contribution in [0.25, 0.3) is 0 Å². The zero-order valence-electron chi connectivity index (χ0n) is 9.24. The van der Waals surface area contributed by atoms with Gasteiger partial charge in [0, 0.05) is 11.3 Å². The Balaban J connectivity index is 3.37. The number of carbonyl (C=O) groups excluding carboxylic acids is 1. The zero-order valence-corrected chi connectivity index (χ0v) is 10.1. The van der Waals surface area contributed by atoms with E-state index in [0.717, 1.165) is 3.97 Å². The number of hydrogen-bond donors (Lipinski definition) is 0. The minimum absolute atomic E-state index is 0.212. The van der Waals surface area contributed by atoms with Gasteiger partial charge in [-0.15, -0.1) is 3.89 Å². The van der Waals surface area contributed by atoms with E-state index in [0.29, 0.717) is 5.56 Å². The van der Waals surface area contributed by atoms with Crippen LogP contribution in [0.2, 0.25) is 0 Å². The minimum atomic E-state index is -0.550. The van der Waals surface area contributed by atoms with Crippen LogP contribution in [0, 0.1) is 13.8 Å². The Morgan fingerprint density at radius 1 is 1.56 bits per heavy atom. The molecule has 0 unspecified atom stereocenters. The third kappa shape index (κ3) is 2.27. The van der Waals surface area contributed by atoms with E-state index in [9.17, 15) is 13.5 Å². The van der Waals surface area contributed by atoms with Crippen LogP contribution < -0.4 is 5.56 Å². The quantitative estimate of drug-likeness (QED) is 0.764. The van der Waals surface area contributed by atoms with Crippen molar-refractivity contribution in [2.75, 3.05) is 6.61 Å². The molecule has 0 radical (unpaired) electrons. The van der Waals surface area contributed by atoms with E-state index in [2.05, 4.69) is 0 Å². The molecule has 1 rings (SSSR count). The van der Waals surface area contributed by atoms with Gasteiger partial charge in [0.1, 0.15) is 0 Å². The van der Waals surface area contributed by atoms with Crippen LogP contribution in [0.15, 0.2) is 10.9 Å². The molecule has 0 saturated carbocycles. The van der Waals surface area contributed by atoms with Gasteiger partial charge >= 0.3 is 5.97 Å². The molecule has 0 aliphatic carbocycles. The van der Waals surface area contributed by atoms with E-state index >= 15 is 0 Å². The third-order valence-corrected chi connectivity index (χ3v) is 2.72. The lowest BCUT2D eigenvalue weighted by atomic mass is 10.1. The summed E-state index contributed by atoms with van der Waals surface area (Å²) in [6.07, 6.45) is 0. The maximum Gasteiger partial charge on any atom is 0.339 e. The first-order chi connectivity index (χ1) is 7.52. The molecular formula is C10H12FNO3S. The highest BCUT2D eigenvalue weighted by atomic mass is 32.2. The molecule has 0 aliphatic heterocycles. The average Bonchev–Trinajstić information content (AvgIpc) is 2.24. The number of rotatable bonds is 3. The van der Waals surface area contributed by atoms with Crippen molar-refractivity contribution in [1.82, 2.24) is 3.97 Å². The highest BCUT2D eigenvalue weighted by Gasteiger charge is 2.16. The van der Waals surface area contributed by atoms with Gasteiger partial charge in [0.15, 0.2) is 12.3 Å². The molecule has 0 spiro atoms. The van der Waals surface area contributed by atoms with Gasteiger partial charge in [-0.25, -0.2) is 8.77 Å². The summed E-state index contributed by atoms with van der Waals surface area (Å²) in [7, 11) is 0. The Morgan fingerprint density at radius 3 is 2.69 bits per heavy atom. The van der Waals surface area contributed by atoms with Gasteiger partial charge < -0.3 is 4.74 Å². The van der Waals surface area contributed by atoms with Gasteiger partial charge in [-0.3, -0.25) is 4.79 Å². The monoisotopic (exact) mass is 245 g/mol. The lowest BCUT2D eigenvalue weighted by Gasteiger charge is -2.10. The number of aryl methyl sites for hydroxylation is 1. The summed E-state index contributed by atoms with van der Waals surface area (Å²) in [6, 6.07) is 1.42. The van der Waals surface area contributed by atoms with Gasteiger partial charge in [-0.2, -0.15) is 0 Å². The van der Waals surface area contributed by atoms with Gasteiger partial charge in [0.25, 0.3) is 5.56 Å². The summed E-state index contributed by atoms with van der Waals surface area (Å²) in [5, 5.41) is 0. The number of pyridine rings is 1. The standard InChI is InChI=1S/C10H12FNO3S/c1-4-15-10(14)8-5-6(2)9(13)12(16-11)7(8)3/h5H,4H2,1-3H3. The Bertz CT molecular complexity index is 470. The fourth-order valence-electron chi connectivity index (χ4n) is 1.30. The van der Waals surface area contributed by atoms with E-state index in [4.69, 9.17) is 4.74 Å². The molecule has 88 valence electrons. The van der Waals surface area contributed by atoms with E-state index in [1.807, 2.05) is 0 Å². The van der Waals surface area contributed by atoms with Crippen LogP contribution in [-0.2, 0) is 4.74 Å². The number of aromatic nitrogens is 1. The lowest BCUT2D eigenvalue weighted by molar-refractivity contribution is 0.0524. The van der Waals surface area contributed by atoms with E-state index in [-0.39, 0.29) is 30.2 Å². The summed E-state index contributed by atoms with van der Waals surface area (Å²) in [5.41, 5.74) is 0.308. The molecule has 0 atom stereocenters. The first-order valence-corrected chi connectivity index (χ1v) is 5.39. The molecule has 4 nitrogen and oxygen atoms in total. The Hall–Kier alpha value is -1.30. The summed E-state index contributed by atoms with van der Waals surface area (Å²) in [6.45, 7) is 4.94. The van der Waals surface area contributed by atoms with E-state index in [1.165, 1.54) is 19.9 Å². The second-order valence-electron chi connectivity index (χ2n) is 3.22. The Kier molecular flexibility index (Phi) is 4.12. The zero-order chi connectivity index (χ0) is 12.3. The molecule has 0 aliphatic rings. The number of carbonyl (C=O) groups is 1. The maximum absolute atomic E-state index is 12.6. The molecule has 0 saturated heterocycles. The first kappa shape index (κ1) is 12.8. The Morgan fingerprint density at radius 2 is 2.19 bits per heavy atom. The molecule has 0 bridgehead atoms. The van der Waals surface area contributed by atoms with E-state index < -0.39 is 11.5 Å². The second kappa shape index (κ2) is 5.16. The SMILES string of the molecule is CCOC(=O)c1cc(C)c(=O)n(SF)c1C. The van der Waals surface area contributed by atoms with Crippen molar-refractivity contribution in [3.8, 4) is 0 Å². The lowest BCUT2D eigenvalue weighted by Crippen LogP contribution is -2.23. The first-order valence-electron chi connectivity index (χ1n) is 4.72. The van der Waals surface area contributed by atoms with Crippen LogP contribution in [0.4, 0.5) is 3.89 Å². The number of hydrogen-bond acceptors (Lipinski definition) is 4. The summed E-state index contributed by atoms with van der Waals surface area (Å²) < 4.78 is 18.2. The van der Waals surface area contributed by atoms with Gasteiger partial charge in [0.05, 0.1) is 12.2 Å². The smallest absolute Gasteiger partial charge is 0.339 e. The average molecular weight is 245 g/mol. The third-order valence-electron chi connectivity index (χ3n) is 2.14. The molecule has 1 heterocycles. The highest BCUT2D eigenvalue weighted by Crippen LogP contribution is 2.15. The fourth-order valence-corrected chi connectivity index (χ4v) is 1.71. The topological polar surface area (TPSA) is 48.3 Å². The molecule has 16 heavy (non-hydrogen) atoms. The molecular weight excluding hydrogens is 233 g/mol. The van der Waals surface area contributed by atoms with Crippen molar-refractivity contribution in [3.63, 3.8) is 0 Å². The molecule has 6 heteroatoms. The maximum atomic E-state index is 12.6. The predicted octanol–water partition coefficient (Wildman–Crippen LogP) is 2.02. The van der Waals surface area contributed by atoms with Crippen LogP contribution in [0.5, 0.6) is 0 Å². The van der Waals surface area contributed by atoms with Crippen molar-refractivity contribution in [1.29, 1.82) is 0 Å². The van der Waals surface area contributed by atoms with Gasteiger partial charge in [-0.1, -0.05) is 0 Å². The molecule has 0 aromatic carbocycles. The number of ether oxygens (including phenoxy) is 1. The largest absolute Gasteiger partial charge is 0.462 e. The fraction of sp³-hybridized carbons (Fsp3) is 0.400. The van der Waals surface area contributed by atoms with Gasteiger partial charge in [0.2, 0.25) is 0 Å². The highest BCUT2D eigenvalue weighted by molar-refractivity contribution is 7.92. The minimum Gasteiger partial charge on any atom is -0.462 e. The van der Waals surface area contributed by atoms with Crippen LogP contribution in [0.3, 0.4) is 0 Å². The Labute approximate surface area is 96.8 Å². The van der Waals surface area contributed by atoms with Crippen molar-refractivity contribution in [2.45, 2.75) is 20.8 Å². The van der Waals surface area contributed by atoms with Crippen LogP contribution >= 0.6 is 12.3 Å². The summed E-state index contributed by atoms with van der Waals surface area (Å²) in [5.74, 6) is -0.550. The summed E-state index contributed by atoms with van der Waals surface area (Å²) >= 11 is -0.218. The second-order valence-corrected chi connectivity index (χ2v) is 3.72. The van der Waals surface area contributed by atoms with E-state index in [1.54, 1.807) is 6.92 Å². The molecule has 1 aromatic heterocycles. The normalized spacial score (nSPS) is 10.2. The van der Waals surface area contributed by atoms with Crippen molar-refractivity contribution >= 4 is 18.3 Å². The molecule has 1 aromatic rings. The number of nitrogens with zero attached hydrogens (tertiary/aromatic N) is 1. The van der Waals surface area contributed by atoms with Gasteiger partial charge in [-0.05, 0) is 26.8 Å². The number of esters is 1. The molecule has 0 amide bonds. The summed E-state index contributed by atoms with van der Waals surface area (Å²) in [4.78, 5) is 23.0. The van der Waals surface area contributed by atoms with Crippen LogP contribution in [0.1, 0.15) is 28.5 Å². The van der Waals surface area contributed by atoms with Crippen molar-refractivity contribution in [2.24, 2.45) is 0 Å². The van der Waals surface area contributed by atoms with Crippen molar-refractivity contribution < 1.29 is 13.4 Å².